The molecule has 1 amide bonds. The molecule has 1 aliphatic rings. The number of nitrogens with one attached hydrogen (secondary N) is 1. The van der Waals surface area contributed by atoms with Crippen molar-refractivity contribution in [2.75, 3.05) is 0 Å². The van der Waals surface area contributed by atoms with Gasteiger partial charge in [0.1, 0.15) is 5.82 Å². The predicted molar refractivity (Wildman–Crippen MR) is 104 cm³/mol. The van der Waals surface area contributed by atoms with Crippen LogP contribution in [0.15, 0.2) is 47.4 Å². The summed E-state index contributed by atoms with van der Waals surface area (Å²) in [5, 5.41) is 1.79. The number of hydrogen-bond donors (Lipinski definition) is 1. The van der Waals surface area contributed by atoms with Crippen LogP contribution in [0.4, 0.5) is 17.6 Å². The lowest BCUT2D eigenvalue weighted by Crippen LogP contribution is -2.40. The fraction of sp³-hybridized carbons (Fsp3) is 0.350. The summed E-state index contributed by atoms with van der Waals surface area (Å²) in [6, 6.07) is 7.06. The van der Waals surface area contributed by atoms with Crippen LogP contribution in [0, 0.1) is 5.82 Å². The van der Waals surface area contributed by atoms with Gasteiger partial charge in [0.05, 0.1) is 20.7 Å². The minimum atomic E-state index is -4.63. The second-order valence-electron chi connectivity index (χ2n) is 7.15. The van der Waals surface area contributed by atoms with Gasteiger partial charge in [0.15, 0.2) is 9.84 Å². The van der Waals surface area contributed by atoms with Crippen molar-refractivity contribution in [3.05, 3.63) is 64.4 Å². The average Bonchev–Trinajstić information content (AvgIpc) is 2.70. The first-order valence-electron chi connectivity index (χ1n) is 9.15. The molecular weight excluding hydrogens is 446 g/mol. The summed E-state index contributed by atoms with van der Waals surface area (Å²) in [5.74, 6) is -1.23. The number of halogens is 5. The maximum atomic E-state index is 13.5. The molecule has 0 aliphatic heterocycles. The highest BCUT2D eigenvalue weighted by Crippen LogP contribution is 2.33. The monoisotopic (exact) mass is 463 g/mol. The number of rotatable bonds is 4. The van der Waals surface area contributed by atoms with Gasteiger partial charge in [-0.1, -0.05) is 17.7 Å². The number of sulfone groups is 1. The molecule has 1 aliphatic carbocycles. The van der Waals surface area contributed by atoms with Crippen LogP contribution in [-0.4, -0.2) is 25.6 Å². The predicted octanol–water partition coefficient (Wildman–Crippen LogP) is 5.01. The zero-order valence-electron chi connectivity index (χ0n) is 15.5. The highest BCUT2D eigenvalue weighted by Gasteiger charge is 2.35. The quantitative estimate of drug-likeness (QED) is 0.648. The Hall–Kier alpha value is -2.13. The van der Waals surface area contributed by atoms with E-state index in [1.807, 2.05) is 0 Å². The number of hydrogen-bond acceptors (Lipinski definition) is 3. The topological polar surface area (TPSA) is 63.2 Å². The second kappa shape index (κ2) is 8.55. The van der Waals surface area contributed by atoms with Crippen LogP contribution in [0.5, 0.6) is 0 Å². The summed E-state index contributed by atoms with van der Waals surface area (Å²) in [7, 11) is -3.94. The molecule has 0 aromatic heterocycles. The average molecular weight is 464 g/mol. The first kappa shape index (κ1) is 22.6. The van der Waals surface area contributed by atoms with Gasteiger partial charge in [0, 0.05) is 11.6 Å². The maximum absolute atomic E-state index is 13.5. The normalized spacial score (nSPS) is 20.0. The molecule has 0 radical (unpaired) electrons. The lowest BCUT2D eigenvalue weighted by molar-refractivity contribution is -0.137. The molecule has 4 nitrogen and oxygen atoms in total. The minimum absolute atomic E-state index is 0.0932. The summed E-state index contributed by atoms with van der Waals surface area (Å²) in [6.07, 6.45) is -3.57. The van der Waals surface area contributed by atoms with E-state index in [1.165, 1.54) is 12.1 Å². The maximum Gasteiger partial charge on any atom is 0.416 e. The van der Waals surface area contributed by atoms with Gasteiger partial charge in [-0.15, -0.1) is 0 Å². The Bertz CT molecular complexity index is 1050. The molecule has 0 saturated heterocycles. The molecule has 1 N–H and O–H groups in total. The number of carbonyl (C=O) groups excluding carboxylic acids is 1. The van der Waals surface area contributed by atoms with Gasteiger partial charge in [0.25, 0.3) is 5.91 Å². The Kier molecular flexibility index (Phi) is 6.43. The molecule has 1 fully saturated rings. The van der Waals surface area contributed by atoms with Gasteiger partial charge < -0.3 is 5.32 Å². The Morgan fingerprint density at radius 1 is 1.03 bits per heavy atom. The van der Waals surface area contributed by atoms with E-state index in [0.717, 1.165) is 24.3 Å². The van der Waals surface area contributed by atoms with Gasteiger partial charge in [-0.2, -0.15) is 13.2 Å². The van der Waals surface area contributed by atoms with Crippen molar-refractivity contribution < 1.29 is 30.8 Å². The Balaban J connectivity index is 1.65. The summed E-state index contributed by atoms with van der Waals surface area (Å²) in [4.78, 5) is 11.9. The fourth-order valence-electron chi connectivity index (χ4n) is 3.47. The molecule has 30 heavy (non-hydrogen) atoms. The van der Waals surface area contributed by atoms with Crippen molar-refractivity contribution >= 4 is 27.3 Å². The van der Waals surface area contributed by atoms with Crippen LogP contribution in [0.25, 0.3) is 0 Å². The third-order valence-corrected chi connectivity index (χ3v) is 7.69. The first-order chi connectivity index (χ1) is 14.0. The molecule has 0 unspecified atom stereocenters. The van der Waals surface area contributed by atoms with Gasteiger partial charge in [-0.05, 0) is 62.1 Å². The van der Waals surface area contributed by atoms with Crippen LogP contribution < -0.4 is 5.32 Å². The van der Waals surface area contributed by atoms with Crippen LogP contribution >= 0.6 is 11.6 Å². The lowest BCUT2D eigenvalue weighted by atomic mass is 9.94. The lowest BCUT2D eigenvalue weighted by Gasteiger charge is -2.29. The van der Waals surface area contributed by atoms with E-state index >= 15 is 0 Å². The molecule has 1 saturated carbocycles. The van der Waals surface area contributed by atoms with Crippen LogP contribution in [0.2, 0.25) is 5.02 Å². The Morgan fingerprint density at radius 3 is 2.30 bits per heavy atom. The van der Waals surface area contributed by atoms with E-state index < -0.39 is 38.6 Å². The summed E-state index contributed by atoms with van der Waals surface area (Å²) in [5.41, 5.74) is -0.921. The number of benzene rings is 2. The second-order valence-corrected chi connectivity index (χ2v) is 9.78. The largest absolute Gasteiger partial charge is 0.416 e. The zero-order valence-corrected chi connectivity index (χ0v) is 17.1. The molecule has 0 bridgehead atoms. The summed E-state index contributed by atoms with van der Waals surface area (Å²) < 4.78 is 77.7. The smallest absolute Gasteiger partial charge is 0.349 e. The van der Waals surface area contributed by atoms with Crippen molar-refractivity contribution in [1.82, 2.24) is 5.32 Å². The minimum Gasteiger partial charge on any atom is -0.349 e. The summed E-state index contributed by atoms with van der Waals surface area (Å²) >= 11 is 5.60. The van der Waals surface area contributed by atoms with E-state index in [-0.39, 0.29) is 34.4 Å². The van der Waals surface area contributed by atoms with Gasteiger partial charge in [-0.25, -0.2) is 12.8 Å². The molecule has 2 aromatic rings. The third kappa shape index (κ3) is 4.95. The SMILES string of the molecule is O=C(NC1CCC(S(=O)(=O)c2cccc(C(F)(F)F)c2)CC1)c1ccc(Cl)c(F)c1. The van der Waals surface area contributed by atoms with E-state index in [2.05, 4.69) is 5.32 Å². The number of alkyl halides is 3. The molecule has 0 atom stereocenters. The van der Waals surface area contributed by atoms with Crippen LogP contribution in [-0.2, 0) is 16.0 Å². The fourth-order valence-corrected chi connectivity index (χ4v) is 5.42. The Morgan fingerprint density at radius 2 is 1.70 bits per heavy atom. The van der Waals surface area contributed by atoms with Gasteiger partial charge in [-0.3, -0.25) is 4.79 Å². The van der Waals surface area contributed by atoms with Crippen molar-refractivity contribution in [3.8, 4) is 0 Å². The van der Waals surface area contributed by atoms with Gasteiger partial charge >= 0.3 is 6.18 Å². The molecule has 3 rings (SSSR count). The zero-order chi connectivity index (χ0) is 22.1. The van der Waals surface area contributed by atoms with E-state index in [9.17, 15) is 30.8 Å². The molecule has 162 valence electrons. The molecule has 2 aromatic carbocycles. The van der Waals surface area contributed by atoms with E-state index in [4.69, 9.17) is 11.6 Å². The van der Waals surface area contributed by atoms with E-state index in [0.29, 0.717) is 18.9 Å². The molecular formula is C20H18ClF4NO3S. The summed E-state index contributed by atoms with van der Waals surface area (Å²) in [6.45, 7) is 0. The standard InChI is InChI=1S/C20H18ClF4NO3S/c21-17-9-4-12(10-18(17)22)19(27)26-14-5-7-15(8-6-14)30(28,29)16-3-1-2-13(11-16)20(23,24)25/h1-4,9-11,14-15H,5-8H2,(H,26,27). The number of carbonyl (C=O) groups is 1. The molecule has 0 heterocycles. The van der Waals surface area contributed by atoms with Crippen LogP contribution in [0.1, 0.15) is 41.6 Å². The van der Waals surface area contributed by atoms with Crippen molar-refractivity contribution in [3.63, 3.8) is 0 Å². The van der Waals surface area contributed by atoms with Crippen molar-refractivity contribution in [1.29, 1.82) is 0 Å². The third-order valence-electron chi connectivity index (χ3n) is 5.12. The van der Waals surface area contributed by atoms with Crippen LogP contribution in [0.3, 0.4) is 0 Å². The molecule has 0 spiro atoms. The molecule has 10 heteroatoms. The van der Waals surface area contributed by atoms with Crippen molar-refractivity contribution in [2.45, 2.75) is 48.0 Å². The highest BCUT2D eigenvalue weighted by molar-refractivity contribution is 7.92. The van der Waals surface area contributed by atoms with Gasteiger partial charge in [0.2, 0.25) is 0 Å². The van der Waals surface area contributed by atoms with E-state index in [1.54, 1.807) is 0 Å². The number of amides is 1. The first-order valence-corrected chi connectivity index (χ1v) is 11.1. The highest BCUT2D eigenvalue weighted by atomic mass is 35.5. The van der Waals surface area contributed by atoms with Crippen molar-refractivity contribution in [2.24, 2.45) is 0 Å². The Labute approximate surface area is 176 Å².